The first-order valence-corrected chi connectivity index (χ1v) is 10.6. The Balaban J connectivity index is 0. The van der Waals surface area contributed by atoms with Crippen LogP contribution in [0.3, 0.4) is 0 Å². The van der Waals surface area contributed by atoms with E-state index in [1.807, 2.05) is 64.9 Å². The number of nitrogens with zero attached hydrogens (tertiary/aromatic N) is 2. The molecule has 1 heterocycles. The van der Waals surface area contributed by atoms with Crippen molar-refractivity contribution < 1.29 is 0 Å². The number of pyridine rings is 1. The number of benzene rings is 1. The molecule has 0 atom stereocenters. The molecule has 2 heteroatoms. The number of aromatic nitrogens is 1. The second-order valence-electron chi connectivity index (χ2n) is 6.89. The first-order valence-electron chi connectivity index (χ1n) is 10.6. The third-order valence-corrected chi connectivity index (χ3v) is 4.08. The highest BCUT2D eigenvalue weighted by Gasteiger charge is 2.08. The summed E-state index contributed by atoms with van der Waals surface area (Å²) in [4.78, 5) is 6.26. The largest absolute Gasteiger partial charge is 0.363 e. The smallest absolute Gasteiger partial charge is 0.128 e. The zero-order valence-electron chi connectivity index (χ0n) is 20.3. The predicted octanol–water partition coefficient (Wildman–Crippen LogP) is 8.08. The molecule has 0 aliphatic carbocycles. The summed E-state index contributed by atoms with van der Waals surface area (Å²) in [6, 6.07) is 12.5. The topological polar surface area (TPSA) is 16.1 Å². The molecule has 0 saturated heterocycles. The number of rotatable bonds is 4. The van der Waals surface area contributed by atoms with Crippen molar-refractivity contribution in [2.24, 2.45) is 0 Å². The van der Waals surface area contributed by atoms with E-state index >= 15 is 0 Å². The van der Waals surface area contributed by atoms with E-state index in [0.717, 1.165) is 11.5 Å². The van der Waals surface area contributed by atoms with Gasteiger partial charge in [-0.2, -0.15) is 0 Å². The quantitative estimate of drug-likeness (QED) is 0.529. The standard InChI is InChI=1S/C13H20.C9H12N2.2C2H6/c1-9(2)12-7-6-8-13(10(3)4)11(12)5;1-4-8-6-5-7-9(10-8)11(2)3;2*1-2/h6-10H,1-5H3;4-7H,1H2,2-3H3;2*1-2H3. The van der Waals surface area contributed by atoms with Crippen LogP contribution >= 0.6 is 0 Å². The van der Waals surface area contributed by atoms with E-state index in [1.54, 1.807) is 6.08 Å². The Morgan fingerprint density at radius 2 is 1.25 bits per heavy atom. The minimum Gasteiger partial charge on any atom is -0.363 e. The van der Waals surface area contributed by atoms with Crippen molar-refractivity contribution in [1.29, 1.82) is 0 Å². The molecule has 0 bridgehead atoms. The first kappa shape index (κ1) is 28.1. The van der Waals surface area contributed by atoms with Crippen molar-refractivity contribution >= 4 is 11.9 Å². The van der Waals surface area contributed by atoms with Crippen molar-refractivity contribution in [2.45, 2.75) is 74.1 Å². The highest BCUT2D eigenvalue weighted by Crippen LogP contribution is 2.26. The third kappa shape index (κ3) is 9.73. The molecule has 0 amide bonds. The van der Waals surface area contributed by atoms with Gasteiger partial charge in [-0.1, -0.05) is 86.2 Å². The minimum atomic E-state index is 0.638. The summed E-state index contributed by atoms with van der Waals surface area (Å²) < 4.78 is 0. The zero-order chi connectivity index (χ0) is 22.3. The normalized spacial score (nSPS) is 9.32. The van der Waals surface area contributed by atoms with Gasteiger partial charge in [0.15, 0.2) is 0 Å². The van der Waals surface area contributed by atoms with Crippen molar-refractivity contribution in [2.75, 3.05) is 19.0 Å². The van der Waals surface area contributed by atoms with Crippen molar-refractivity contribution in [1.82, 2.24) is 4.98 Å². The van der Waals surface area contributed by atoms with Crippen LogP contribution in [0.1, 0.15) is 89.6 Å². The van der Waals surface area contributed by atoms with Crippen LogP contribution in [0.25, 0.3) is 6.08 Å². The molecule has 1 aromatic carbocycles. The Morgan fingerprint density at radius 3 is 1.61 bits per heavy atom. The number of hydrogen-bond donors (Lipinski definition) is 0. The van der Waals surface area contributed by atoms with E-state index in [0.29, 0.717) is 11.8 Å². The Kier molecular flexibility index (Phi) is 16.0. The summed E-state index contributed by atoms with van der Waals surface area (Å²) in [5.41, 5.74) is 5.38. The summed E-state index contributed by atoms with van der Waals surface area (Å²) in [6.45, 7) is 22.9. The highest BCUT2D eigenvalue weighted by atomic mass is 15.1. The molecule has 0 unspecified atom stereocenters. The Hall–Kier alpha value is -2.09. The van der Waals surface area contributed by atoms with E-state index < -0.39 is 0 Å². The second kappa shape index (κ2) is 15.9. The first-order chi connectivity index (χ1) is 13.3. The number of anilines is 1. The van der Waals surface area contributed by atoms with Crippen LogP contribution in [0.5, 0.6) is 0 Å². The third-order valence-electron chi connectivity index (χ3n) is 4.08. The van der Waals surface area contributed by atoms with Gasteiger partial charge in [0.05, 0.1) is 5.69 Å². The van der Waals surface area contributed by atoms with Gasteiger partial charge in [0, 0.05) is 14.1 Å². The van der Waals surface area contributed by atoms with Gasteiger partial charge >= 0.3 is 0 Å². The molecule has 2 nitrogen and oxygen atoms in total. The van der Waals surface area contributed by atoms with Crippen LogP contribution in [-0.2, 0) is 0 Å². The monoisotopic (exact) mass is 384 g/mol. The molecule has 158 valence electrons. The molecule has 2 aromatic rings. The summed E-state index contributed by atoms with van der Waals surface area (Å²) >= 11 is 0. The molecule has 2 rings (SSSR count). The average Bonchev–Trinajstić information content (AvgIpc) is 2.71. The molecule has 0 aliphatic heterocycles. The van der Waals surface area contributed by atoms with E-state index in [9.17, 15) is 0 Å². The molecule has 1 aromatic heterocycles. The van der Waals surface area contributed by atoms with E-state index in [4.69, 9.17) is 0 Å². The van der Waals surface area contributed by atoms with Crippen LogP contribution in [0.2, 0.25) is 0 Å². The van der Waals surface area contributed by atoms with Crippen molar-refractivity contribution in [3.8, 4) is 0 Å². The Bertz CT molecular complexity index is 629. The van der Waals surface area contributed by atoms with Crippen LogP contribution < -0.4 is 4.90 Å². The van der Waals surface area contributed by atoms with E-state index in [1.165, 1.54) is 16.7 Å². The maximum Gasteiger partial charge on any atom is 0.128 e. The Labute approximate surface area is 175 Å². The molecular weight excluding hydrogens is 340 g/mol. The fraction of sp³-hybridized carbons (Fsp3) is 0.500. The molecule has 0 radical (unpaired) electrons. The van der Waals surface area contributed by atoms with Crippen LogP contribution in [-0.4, -0.2) is 19.1 Å². The van der Waals surface area contributed by atoms with Gasteiger partial charge in [-0.25, -0.2) is 4.98 Å². The summed E-state index contributed by atoms with van der Waals surface area (Å²) in [7, 11) is 3.93. The predicted molar refractivity (Wildman–Crippen MR) is 131 cm³/mol. The van der Waals surface area contributed by atoms with Crippen LogP contribution in [0.15, 0.2) is 43.0 Å². The maximum absolute atomic E-state index is 4.30. The molecule has 0 spiro atoms. The van der Waals surface area contributed by atoms with Gasteiger partial charge < -0.3 is 4.90 Å². The van der Waals surface area contributed by atoms with Crippen LogP contribution in [0.4, 0.5) is 5.82 Å². The van der Waals surface area contributed by atoms with E-state index in [-0.39, 0.29) is 0 Å². The molecule has 0 fully saturated rings. The number of hydrogen-bond acceptors (Lipinski definition) is 2. The van der Waals surface area contributed by atoms with Gasteiger partial charge in [0.25, 0.3) is 0 Å². The lowest BCUT2D eigenvalue weighted by Crippen LogP contribution is -2.10. The van der Waals surface area contributed by atoms with Gasteiger partial charge in [-0.15, -0.1) is 0 Å². The van der Waals surface area contributed by atoms with E-state index in [2.05, 4.69) is 64.4 Å². The second-order valence-corrected chi connectivity index (χ2v) is 6.89. The van der Waals surface area contributed by atoms with Crippen molar-refractivity contribution in [3.05, 3.63) is 65.4 Å². The van der Waals surface area contributed by atoms with Crippen LogP contribution in [0, 0.1) is 6.92 Å². The average molecular weight is 385 g/mol. The molecule has 28 heavy (non-hydrogen) atoms. The lowest BCUT2D eigenvalue weighted by Gasteiger charge is -2.16. The summed E-state index contributed by atoms with van der Waals surface area (Å²) in [5, 5.41) is 0. The SMILES string of the molecule is C=Cc1cccc(N(C)C)n1.CC.CC.Cc1c(C(C)C)cccc1C(C)C. The molecule has 0 aliphatic rings. The summed E-state index contributed by atoms with van der Waals surface area (Å²) in [6.07, 6.45) is 1.74. The highest BCUT2D eigenvalue weighted by molar-refractivity contribution is 5.47. The molecule has 0 N–H and O–H groups in total. The minimum absolute atomic E-state index is 0.638. The Morgan fingerprint density at radius 1 is 0.821 bits per heavy atom. The lowest BCUT2D eigenvalue weighted by atomic mass is 9.90. The van der Waals surface area contributed by atoms with Crippen molar-refractivity contribution in [3.63, 3.8) is 0 Å². The molecular formula is C26H44N2. The van der Waals surface area contributed by atoms with Gasteiger partial charge in [0.1, 0.15) is 5.82 Å². The fourth-order valence-corrected chi connectivity index (χ4v) is 2.73. The maximum atomic E-state index is 4.30. The fourth-order valence-electron chi connectivity index (χ4n) is 2.73. The zero-order valence-corrected chi connectivity index (χ0v) is 20.3. The lowest BCUT2D eigenvalue weighted by molar-refractivity contribution is 0.817. The van der Waals surface area contributed by atoms with Gasteiger partial charge in [-0.3, -0.25) is 0 Å². The molecule has 0 saturated carbocycles. The summed E-state index contributed by atoms with van der Waals surface area (Å²) in [5.74, 6) is 2.24. The van der Waals surface area contributed by atoms with Gasteiger partial charge in [-0.05, 0) is 53.7 Å². The van der Waals surface area contributed by atoms with Gasteiger partial charge in [0.2, 0.25) is 0 Å².